The zero-order valence-corrected chi connectivity index (χ0v) is 20.9. The SMILES string of the molecule is CCS(=O)(=O)c1cccc2c1CCN(C(=O)OCc1ccccc1)C2c1cc(F)ccc1OCC(=O)O. The number of aliphatic carboxylic acids is 1. The smallest absolute Gasteiger partial charge is 0.410 e. The van der Waals surface area contributed by atoms with Gasteiger partial charge in [-0.15, -0.1) is 0 Å². The molecule has 1 heterocycles. The van der Waals surface area contributed by atoms with Crippen molar-refractivity contribution in [3.05, 3.63) is 94.8 Å². The second kappa shape index (κ2) is 11.0. The predicted octanol–water partition coefficient (Wildman–Crippen LogP) is 4.37. The lowest BCUT2D eigenvalue weighted by molar-refractivity contribution is -0.139. The summed E-state index contributed by atoms with van der Waals surface area (Å²) in [6.45, 7) is 0.968. The minimum absolute atomic E-state index is 0.00548. The van der Waals surface area contributed by atoms with Crippen LogP contribution in [0.15, 0.2) is 71.6 Å². The number of amides is 1. The van der Waals surface area contributed by atoms with E-state index in [1.807, 2.05) is 30.3 Å². The number of carbonyl (C=O) groups excluding carboxylic acids is 1. The summed E-state index contributed by atoms with van der Waals surface area (Å²) in [6.07, 6.45) is -0.445. The molecule has 4 rings (SSSR count). The first kappa shape index (κ1) is 26.2. The van der Waals surface area contributed by atoms with E-state index >= 15 is 0 Å². The third-order valence-electron chi connectivity index (χ3n) is 6.15. The molecule has 1 unspecified atom stereocenters. The number of halogens is 1. The van der Waals surface area contributed by atoms with E-state index in [-0.39, 0.29) is 41.5 Å². The van der Waals surface area contributed by atoms with Crippen molar-refractivity contribution < 1.29 is 37.0 Å². The van der Waals surface area contributed by atoms with E-state index in [1.165, 1.54) is 17.0 Å². The van der Waals surface area contributed by atoms with Crippen LogP contribution in [-0.4, -0.2) is 49.4 Å². The Balaban J connectivity index is 1.81. The second-order valence-electron chi connectivity index (χ2n) is 8.48. The second-order valence-corrected chi connectivity index (χ2v) is 10.7. The lowest BCUT2D eigenvalue weighted by Gasteiger charge is -2.38. The molecule has 0 fully saturated rings. The van der Waals surface area contributed by atoms with Gasteiger partial charge in [0.15, 0.2) is 16.4 Å². The van der Waals surface area contributed by atoms with E-state index in [9.17, 15) is 22.4 Å². The summed E-state index contributed by atoms with van der Waals surface area (Å²) < 4.78 is 51.2. The average Bonchev–Trinajstić information content (AvgIpc) is 2.90. The van der Waals surface area contributed by atoms with Crippen molar-refractivity contribution in [3.63, 3.8) is 0 Å². The van der Waals surface area contributed by atoms with Gasteiger partial charge < -0.3 is 14.6 Å². The molecule has 0 radical (unpaired) electrons. The first-order valence-corrected chi connectivity index (χ1v) is 13.3. The molecule has 1 atom stereocenters. The quantitative estimate of drug-likeness (QED) is 0.463. The Morgan fingerprint density at radius 3 is 2.51 bits per heavy atom. The van der Waals surface area contributed by atoms with Gasteiger partial charge in [0.05, 0.1) is 16.7 Å². The van der Waals surface area contributed by atoms with E-state index in [2.05, 4.69) is 0 Å². The summed E-state index contributed by atoms with van der Waals surface area (Å²) in [4.78, 5) is 26.0. The molecule has 194 valence electrons. The number of ether oxygens (including phenoxy) is 2. The van der Waals surface area contributed by atoms with Crippen LogP contribution in [0.3, 0.4) is 0 Å². The maximum atomic E-state index is 14.5. The molecule has 0 aliphatic carbocycles. The number of carboxylic acid groups (broad SMARTS) is 1. The van der Waals surface area contributed by atoms with Gasteiger partial charge in [-0.25, -0.2) is 22.4 Å². The zero-order valence-electron chi connectivity index (χ0n) is 20.1. The molecule has 0 saturated heterocycles. The first-order valence-electron chi connectivity index (χ1n) is 11.7. The Kier molecular flexibility index (Phi) is 7.77. The number of carboxylic acids is 1. The number of hydrogen-bond donors (Lipinski definition) is 1. The number of hydrogen-bond acceptors (Lipinski definition) is 6. The van der Waals surface area contributed by atoms with Crippen molar-refractivity contribution in [2.24, 2.45) is 0 Å². The normalized spacial score (nSPS) is 15.1. The lowest BCUT2D eigenvalue weighted by atomic mass is 9.88. The molecule has 1 N–H and O–H groups in total. The fourth-order valence-corrected chi connectivity index (χ4v) is 5.61. The largest absolute Gasteiger partial charge is 0.482 e. The van der Waals surface area contributed by atoms with Crippen LogP contribution in [0.25, 0.3) is 0 Å². The minimum Gasteiger partial charge on any atom is -0.482 e. The Labute approximate surface area is 214 Å². The van der Waals surface area contributed by atoms with Crippen molar-refractivity contribution >= 4 is 21.9 Å². The number of rotatable bonds is 8. The molecular weight excluding hydrogens is 501 g/mol. The van der Waals surface area contributed by atoms with E-state index in [0.717, 1.165) is 17.7 Å². The van der Waals surface area contributed by atoms with Gasteiger partial charge in [-0.3, -0.25) is 4.90 Å². The van der Waals surface area contributed by atoms with E-state index in [1.54, 1.807) is 19.1 Å². The molecule has 1 aliphatic heterocycles. The van der Waals surface area contributed by atoms with E-state index in [4.69, 9.17) is 14.6 Å². The van der Waals surface area contributed by atoms with Gasteiger partial charge in [0.2, 0.25) is 0 Å². The summed E-state index contributed by atoms with van der Waals surface area (Å²) in [7, 11) is -3.59. The van der Waals surface area contributed by atoms with Crippen LogP contribution < -0.4 is 4.74 Å². The summed E-state index contributed by atoms with van der Waals surface area (Å²) in [5, 5.41) is 9.11. The van der Waals surface area contributed by atoms with Gasteiger partial charge in [-0.1, -0.05) is 49.4 Å². The van der Waals surface area contributed by atoms with Crippen molar-refractivity contribution in [2.75, 3.05) is 18.9 Å². The van der Waals surface area contributed by atoms with Crippen molar-refractivity contribution in [1.82, 2.24) is 4.90 Å². The van der Waals surface area contributed by atoms with Crippen molar-refractivity contribution in [2.45, 2.75) is 30.9 Å². The summed E-state index contributed by atoms with van der Waals surface area (Å²) in [5.74, 6) is -1.90. The number of nitrogens with zero attached hydrogens (tertiary/aromatic N) is 1. The molecule has 0 bridgehead atoms. The predicted molar refractivity (Wildman–Crippen MR) is 133 cm³/mol. The van der Waals surface area contributed by atoms with Crippen molar-refractivity contribution in [3.8, 4) is 5.75 Å². The lowest BCUT2D eigenvalue weighted by Crippen LogP contribution is -2.41. The highest BCUT2D eigenvalue weighted by Gasteiger charge is 2.37. The fraction of sp³-hybridized carbons (Fsp3) is 0.259. The van der Waals surface area contributed by atoms with Gasteiger partial charge >= 0.3 is 12.1 Å². The summed E-state index contributed by atoms with van der Waals surface area (Å²) in [6, 6.07) is 16.5. The summed E-state index contributed by atoms with van der Waals surface area (Å²) >= 11 is 0. The van der Waals surface area contributed by atoms with Gasteiger partial charge in [0.25, 0.3) is 0 Å². The zero-order chi connectivity index (χ0) is 26.6. The maximum Gasteiger partial charge on any atom is 0.410 e. The van der Waals surface area contributed by atoms with E-state index < -0.39 is 40.4 Å². The molecule has 37 heavy (non-hydrogen) atoms. The molecule has 1 amide bonds. The highest BCUT2D eigenvalue weighted by Crippen LogP contribution is 2.42. The number of fused-ring (bicyclic) bond motifs is 1. The molecular formula is C27H26FNO7S. The standard InChI is InChI=1S/C27H26FNO7S/c1-2-37(33,34)24-10-6-9-21-20(24)13-14-29(27(32)36-16-18-7-4-3-5-8-18)26(21)22-15-19(28)11-12-23(22)35-17-25(30)31/h3-12,15,26H,2,13-14,16-17H2,1H3,(H,30,31). The van der Waals surface area contributed by atoms with Crippen LogP contribution in [-0.2, 0) is 32.4 Å². The van der Waals surface area contributed by atoms with Crippen LogP contribution >= 0.6 is 0 Å². The van der Waals surface area contributed by atoms with Crippen LogP contribution in [0.5, 0.6) is 5.75 Å². The number of sulfone groups is 1. The van der Waals surface area contributed by atoms with Crippen LogP contribution in [0, 0.1) is 5.82 Å². The number of benzene rings is 3. The third kappa shape index (κ3) is 5.75. The molecule has 10 heteroatoms. The molecule has 3 aromatic rings. The highest BCUT2D eigenvalue weighted by molar-refractivity contribution is 7.91. The Bertz CT molecular complexity index is 1410. The fourth-order valence-electron chi connectivity index (χ4n) is 4.42. The van der Waals surface area contributed by atoms with E-state index in [0.29, 0.717) is 11.1 Å². The third-order valence-corrected chi connectivity index (χ3v) is 7.96. The van der Waals surface area contributed by atoms with Gasteiger partial charge in [-0.05, 0) is 47.4 Å². The Hall–Kier alpha value is -3.92. The van der Waals surface area contributed by atoms with Crippen molar-refractivity contribution in [1.29, 1.82) is 0 Å². The molecule has 0 spiro atoms. The van der Waals surface area contributed by atoms with Crippen LogP contribution in [0.1, 0.15) is 35.2 Å². The Morgan fingerprint density at radius 2 is 1.81 bits per heavy atom. The van der Waals surface area contributed by atoms with Gasteiger partial charge in [-0.2, -0.15) is 0 Å². The molecule has 0 saturated carbocycles. The minimum atomic E-state index is -3.59. The topological polar surface area (TPSA) is 110 Å². The van der Waals surface area contributed by atoms with Gasteiger partial charge in [0, 0.05) is 12.1 Å². The molecule has 8 nitrogen and oxygen atoms in total. The van der Waals surface area contributed by atoms with Crippen LogP contribution in [0.4, 0.5) is 9.18 Å². The molecule has 0 aromatic heterocycles. The monoisotopic (exact) mass is 527 g/mol. The summed E-state index contributed by atoms with van der Waals surface area (Å²) in [5.41, 5.74) is 1.96. The molecule has 1 aliphatic rings. The first-order chi connectivity index (χ1) is 17.7. The number of carbonyl (C=O) groups is 2. The molecule has 3 aromatic carbocycles. The van der Waals surface area contributed by atoms with Gasteiger partial charge in [0.1, 0.15) is 18.2 Å². The average molecular weight is 528 g/mol. The Morgan fingerprint density at radius 1 is 1.05 bits per heavy atom. The highest BCUT2D eigenvalue weighted by atomic mass is 32.2. The van der Waals surface area contributed by atoms with Crippen LogP contribution in [0.2, 0.25) is 0 Å². The maximum absolute atomic E-state index is 14.5.